The standard InChI is InChI=1S/C22H18N4O5/c27-19-12-11-18(26(30)31)15-24(19)13-14-25-20(28)22(23-21(25)29,16-7-3-1-4-8-16)17-9-5-2-6-10-17/h1-12,15H,13-14H2,(H,23,29). The number of hydrogen-bond donors (Lipinski definition) is 1. The molecule has 0 bridgehead atoms. The minimum absolute atomic E-state index is 0.0701. The van der Waals surface area contributed by atoms with Crippen LogP contribution in [0.4, 0.5) is 10.5 Å². The zero-order chi connectivity index (χ0) is 22.0. The van der Waals surface area contributed by atoms with Gasteiger partial charge in [0, 0.05) is 25.2 Å². The predicted molar refractivity (Wildman–Crippen MR) is 111 cm³/mol. The number of hydrogen-bond acceptors (Lipinski definition) is 5. The minimum atomic E-state index is -1.40. The van der Waals surface area contributed by atoms with Crippen molar-refractivity contribution in [1.29, 1.82) is 0 Å². The van der Waals surface area contributed by atoms with Crippen LogP contribution in [0.3, 0.4) is 0 Å². The lowest BCUT2D eigenvalue weighted by Gasteiger charge is -2.28. The van der Waals surface area contributed by atoms with Crippen molar-refractivity contribution in [3.05, 3.63) is 111 Å². The molecule has 1 N–H and O–H groups in total. The number of carbonyl (C=O) groups is 2. The van der Waals surface area contributed by atoms with Crippen LogP contribution in [-0.4, -0.2) is 32.9 Å². The average molecular weight is 418 g/mol. The van der Waals surface area contributed by atoms with Crippen molar-refractivity contribution in [3.63, 3.8) is 0 Å². The summed E-state index contributed by atoms with van der Waals surface area (Å²) < 4.78 is 1.11. The van der Waals surface area contributed by atoms with Crippen molar-refractivity contribution >= 4 is 17.6 Å². The highest BCUT2D eigenvalue weighted by atomic mass is 16.6. The molecule has 3 amide bonds. The molecule has 2 heterocycles. The average Bonchev–Trinajstić information content (AvgIpc) is 3.05. The molecule has 31 heavy (non-hydrogen) atoms. The normalized spacial score (nSPS) is 15.0. The molecule has 2 aromatic carbocycles. The second-order valence-corrected chi connectivity index (χ2v) is 7.05. The van der Waals surface area contributed by atoms with Gasteiger partial charge in [0.05, 0.1) is 11.1 Å². The van der Waals surface area contributed by atoms with E-state index in [4.69, 9.17) is 0 Å². The fraction of sp³-hybridized carbons (Fsp3) is 0.136. The van der Waals surface area contributed by atoms with Crippen LogP contribution in [0.1, 0.15) is 11.1 Å². The van der Waals surface area contributed by atoms with E-state index in [9.17, 15) is 24.5 Å². The first-order chi connectivity index (χ1) is 14.9. The molecule has 1 aliphatic heterocycles. The van der Waals surface area contributed by atoms with Gasteiger partial charge in [-0.3, -0.25) is 24.6 Å². The summed E-state index contributed by atoms with van der Waals surface area (Å²) in [4.78, 5) is 49.9. The topological polar surface area (TPSA) is 115 Å². The Bertz CT molecular complexity index is 1170. The second-order valence-electron chi connectivity index (χ2n) is 7.05. The summed E-state index contributed by atoms with van der Waals surface area (Å²) in [6.07, 6.45) is 1.10. The van der Waals surface area contributed by atoms with Crippen molar-refractivity contribution in [3.8, 4) is 0 Å². The van der Waals surface area contributed by atoms with Gasteiger partial charge in [0.1, 0.15) is 0 Å². The Kier molecular flexibility index (Phi) is 5.08. The Hall–Kier alpha value is -4.27. The van der Waals surface area contributed by atoms with E-state index in [0.29, 0.717) is 11.1 Å². The molecular weight excluding hydrogens is 400 g/mol. The van der Waals surface area contributed by atoms with Gasteiger partial charge in [-0.25, -0.2) is 4.79 Å². The van der Waals surface area contributed by atoms with E-state index in [0.717, 1.165) is 27.8 Å². The van der Waals surface area contributed by atoms with Crippen LogP contribution in [0.15, 0.2) is 83.8 Å². The lowest BCUT2D eigenvalue weighted by Crippen LogP contribution is -2.45. The SMILES string of the molecule is O=C1NC(c2ccccc2)(c2ccccc2)C(=O)N1CCn1cc([N+](=O)[O-])ccc1=O. The summed E-state index contributed by atoms with van der Waals surface area (Å²) in [5, 5.41) is 13.8. The number of urea groups is 1. The van der Waals surface area contributed by atoms with E-state index in [1.54, 1.807) is 48.5 Å². The van der Waals surface area contributed by atoms with Gasteiger partial charge >= 0.3 is 6.03 Å². The van der Waals surface area contributed by atoms with Crippen LogP contribution >= 0.6 is 0 Å². The summed E-state index contributed by atoms with van der Waals surface area (Å²) >= 11 is 0. The third-order valence-electron chi connectivity index (χ3n) is 5.26. The van der Waals surface area contributed by atoms with Crippen LogP contribution in [0.2, 0.25) is 0 Å². The van der Waals surface area contributed by atoms with Crippen LogP contribution in [-0.2, 0) is 16.9 Å². The maximum atomic E-state index is 13.6. The van der Waals surface area contributed by atoms with Crippen LogP contribution in [0.5, 0.6) is 0 Å². The molecule has 1 aliphatic rings. The first-order valence-corrected chi connectivity index (χ1v) is 9.53. The third-order valence-corrected chi connectivity index (χ3v) is 5.26. The predicted octanol–water partition coefficient (Wildman–Crippen LogP) is 2.25. The van der Waals surface area contributed by atoms with Gasteiger partial charge in [0.2, 0.25) is 0 Å². The van der Waals surface area contributed by atoms with Gasteiger partial charge < -0.3 is 9.88 Å². The molecule has 9 nitrogen and oxygen atoms in total. The summed E-state index contributed by atoms with van der Waals surface area (Å²) in [7, 11) is 0. The van der Waals surface area contributed by atoms with E-state index in [2.05, 4.69) is 5.32 Å². The summed E-state index contributed by atoms with van der Waals surface area (Å²) in [5.74, 6) is -0.478. The Labute approximate surface area is 176 Å². The van der Waals surface area contributed by atoms with E-state index in [-0.39, 0.29) is 18.8 Å². The highest BCUT2D eigenvalue weighted by Gasteiger charge is 2.53. The highest BCUT2D eigenvalue weighted by molar-refractivity contribution is 6.09. The van der Waals surface area contributed by atoms with Gasteiger partial charge in [-0.05, 0) is 11.1 Å². The summed E-state index contributed by atoms with van der Waals surface area (Å²) in [5.41, 5.74) is -0.897. The largest absolute Gasteiger partial charge is 0.325 e. The Morgan fingerprint density at radius 2 is 1.42 bits per heavy atom. The zero-order valence-electron chi connectivity index (χ0n) is 16.3. The van der Waals surface area contributed by atoms with Gasteiger partial charge in [-0.15, -0.1) is 0 Å². The summed E-state index contributed by atoms with van der Waals surface area (Å²) in [6.45, 7) is -0.188. The zero-order valence-corrected chi connectivity index (χ0v) is 16.3. The quantitative estimate of drug-likeness (QED) is 0.375. The van der Waals surface area contributed by atoms with E-state index in [1.807, 2.05) is 12.1 Å². The first kappa shape index (κ1) is 20.0. The van der Waals surface area contributed by atoms with E-state index >= 15 is 0 Å². The molecule has 4 rings (SSSR count). The number of aromatic nitrogens is 1. The van der Waals surface area contributed by atoms with Crippen LogP contribution in [0.25, 0.3) is 0 Å². The first-order valence-electron chi connectivity index (χ1n) is 9.53. The van der Waals surface area contributed by atoms with E-state index < -0.39 is 28.0 Å². The molecule has 0 atom stereocenters. The van der Waals surface area contributed by atoms with Crippen molar-refractivity contribution in [2.24, 2.45) is 0 Å². The Morgan fingerprint density at radius 3 is 1.97 bits per heavy atom. The molecule has 9 heteroatoms. The Balaban J connectivity index is 1.68. The van der Waals surface area contributed by atoms with E-state index in [1.165, 1.54) is 0 Å². The van der Waals surface area contributed by atoms with Gasteiger partial charge in [0.25, 0.3) is 17.2 Å². The number of nitrogens with zero attached hydrogens (tertiary/aromatic N) is 3. The number of pyridine rings is 1. The fourth-order valence-corrected chi connectivity index (χ4v) is 3.72. The van der Waals surface area contributed by atoms with Crippen LogP contribution in [0, 0.1) is 10.1 Å². The highest BCUT2D eigenvalue weighted by Crippen LogP contribution is 2.35. The minimum Gasteiger partial charge on any atom is -0.315 e. The number of nitro groups is 1. The lowest BCUT2D eigenvalue weighted by molar-refractivity contribution is -0.385. The molecule has 0 radical (unpaired) electrons. The maximum absolute atomic E-state index is 13.6. The molecule has 0 saturated carbocycles. The number of benzene rings is 2. The van der Waals surface area contributed by atoms with Gasteiger partial charge in [-0.1, -0.05) is 60.7 Å². The smallest absolute Gasteiger partial charge is 0.315 e. The van der Waals surface area contributed by atoms with Crippen molar-refractivity contribution < 1.29 is 14.5 Å². The van der Waals surface area contributed by atoms with Crippen LogP contribution < -0.4 is 10.9 Å². The third kappa shape index (κ3) is 3.46. The summed E-state index contributed by atoms with van der Waals surface area (Å²) in [6, 6.07) is 19.4. The number of rotatable bonds is 6. The van der Waals surface area contributed by atoms with Gasteiger partial charge in [-0.2, -0.15) is 0 Å². The number of carbonyl (C=O) groups excluding carboxylic acids is 2. The van der Waals surface area contributed by atoms with Crippen molar-refractivity contribution in [2.75, 3.05) is 6.54 Å². The molecule has 3 aromatic rings. The molecule has 156 valence electrons. The lowest BCUT2D eigenvalue weighted by atomic mass is 9.82. The maximum Gasteiger partial charge on any atom is 0.325 e. The molecular formula is C22H18N4O5. The van der Waals surface area contributed by atoms with Gasteiger partial charge in [0.15, 0.2) is 5.54 Å². The fourth-order valence-electron chi connectivity index (χ4n) is 3.72. The van der Waals surface area contributed by atoms with Crippen molar-refractivity contribution in [1.82, 2.24) is 14.8 Å². The Morgan fingerprint density at radius 1 is 0.839 bits per heavy atom. The molecule has 1 aromatic heterocycles. The second kappa shape index (κ2) is 7.86. The van der Waals surface area contributed by atoms with Crippen molar-refractivity contribution in [2.45, 2.75) is 12.1 Å². The molecule has 1 fully saturated rings. The molecule has 0 aliphatic carbocycles. The molecule has 0 unspecified atom stereocenters. The number of imide groups is 1. The molecule has 1 saturated heterocycles. The monoisotopic (exact) mass is 418 g/mol. The number of amides is 3. The molecule has 0 spiro atoms. The number of nitrogens with one attached hydrogen (secondary N) is 1.